The number of carbonyl (C=O) groups is 1. The van der Waals surface area contributed by atoms with E-state index in [1.54, 1.807) is 11.8 Å². The first-order valence-electron chi connectivity index (χ1n) is 7.94. The van der Waals surface area contributed by atoms with Gasteiger partial charge in [-0.2, -0.15) is 4.98 Å². The van der Waals surface area contributed by atoms with Crippen LogP contribution in [0.3, 0.4) is 0 Å². The Morgan fingerprint density at radius 3 is 2.88 bits per heavy atom. The topological polar surface area (TPSA) is 94.5 Å². The fourth-order valence-corrected chi connectivity index (χ4v) is 2.67. The first-order valence-corrected chi connectivity index (χ1v) is 7.94. The minimum absolute atomic E-state index is 0.0631. The number of oxazole rings is 1. The minimum atomic E-state index is -0.277. The summed E-state index contributed by atoms with van der Waals surface area (Å²) in [5.41, 5.74) is 0.861. The van der Waals surface area contributed by atoms with Crippen molar-refractivity contribution < 1.29 is 18.5 Å². The van der Waals surface area contributed by atoms with Crippen molar-refractivity contribution in [3.63, 3.8) is 0 Å². The summed E-state index contributed by atoms with van der Waals surface area (Å²) in [6, 6.07) is 9.47. The first kappa shape index (κ1) is 15.4. The van der Waals surface area contributed by atoms with Crippen LogP contribution in [-0.2, 0) is 19.6 Å². The van der Waals surface area contributed by atoms with Gasteiger partial charge in [0.2, 0.25) is 11.8 Å². The maximum absolute atomic E-state index is 12.4. The highest BCUT2D eigenvalue weighted by atomic mass is 16.5. The maximum atomic E-state index is 12.4. The van der Waals surface area contributed by atoms with Gasteiger partial charge in [0.25, 0.3) is 11.7 Å². The van der Waals surface area contributed by atoms with E-state index in [0.717, 1.165) is 11.4 Å². The highest BCUT2D eigenvalue weighted by Crippen LogP contribution is 2.22. The van der Waals surface area contributed by atoms with Crippen LogP contribution in [-0.4, -0.2) is 32.5 Å². The molecule has 0 N–H and O–H groups in total. The molecule has 0 radical (unpaired) electrons. The van der Waals surface area contributed by atoms with E-state index < -0.39 is 0 Å². The lowest BCUT2D eigenvalue weighted by Gasteiger charge is -2.23. The van der Waals surface area contributed by atoms with Crippen molar-refractivity contribution in [1.29, 1.82) is 0 Å². The van der Waals surface area contributed by atoms with Crippen LogP contribution in [0.2, 0.25) is 0 Å². The quantitative estimate of drug-likeness (QED) is 0.718. The van der Waals surface area contributed by atoms with Gasteiger partial charge in [0.1, 0.15) is 11.5 Å². The van der Waals surface area contributed by atoms with Gasteiger partial charge in [-0.25, -0.2) is 4.98 Å². The molecular formula is C17H16N4O4. The number of para-hydroxylation sites is 1. The number of aromatic nitrogens is 3. The normalized spacial score (nSPS) is 13.6. The molecule has 128 valence electrons. The van der Waals surface area contributed by atoms with E-state index in [0.29, 0.717) is 37.1 Å². The molecule has 1 amide bonds. The molecule has 2 aromatic heterocycles. The molecule has 8 heteroatoms. The number of carbonyl (C=O) groups excluding carboxylic acids is 1. The lowest BCUT2D eigenvalue weighted by atomic mass is 10.1. The molecule has 1 aliphatic rings. The van der Waals surface area contributed by atoms with Gasteiger partial charge in [0.15, 0.2) is 6.61 Å². The number of fused-ring (bicyclic) bond motifs is 1. The number of rotatable bonds is 4. The van der Waals surface area contributed by atoms with Crippen LogP contribution in [0.15, 0.2) is 39.3 Å². The molecule has 0 saturated heterocycles. The van der Waals surface area contributed by atoms with E-state index >= 15 is 0 Å². The first-order chi connectivity index (χ1) is 12.2. The molecule has 0 atom stereocenters. The summed E-state index contributed by atoms with van der Waals surface area (Å²) in [6.45, 7) is 2.76. The summed E-state index contributed by atoms with van der Waals surface area (Å²) < 4.78 is 16.3. The Hall–Kier alpha value is -3.16. The van der Waals surface area contributed by atoms with Crippen molar-refractivity contribution >= 4 is 5.91 Å². The van der Waals surface area contributed by atoms with Crippen molar-refractivity contribution in [2.45, 2.75) is 26.5 Å². The fourth-order valence-electron chi connectivity index (χ4n) is 2.67. The lowest BCUT2D eigenvalue weighted by molar-refractivity contribution is 0.0702. The van der Waals surface area contributed by atoms with Gasteiger partial charge in [-0.1, -0.05) is 23.4 Å². The minimum Gasteiger partial charge on any atom is -0.484 e. The van der Waals surface area contributed by atoms with Crippen molar-refractivity contribution in [3.8, 4) is 5.75 Å². The van der Waals surface area contributed by atoms with E-state index in [9.17, 15) is 4.79 Å². The maximum Gasteiger partial charge on any atom is 0.295 e. The van der Waals surface area contributed by atoms with Gasteiger partial charge in [-0.15, -0.1) is 0 Å². The second-order valence-electron chi connectivity index (χ2n) is 5.69. The largest absolute Gasteiger partial charge is 0.484 e. The highest BCUT2D eigenvalue weighted by molar-refractivity contribution is 5.90. The molecule has 8 nitrogen and oxygen atoms in total. The van der Waals surface area contributed by atoms with Crippen molar-refractivity contribution in [3.05, 3.63) is 59.4 Å². The predicted molar refractivity (Wildman–Crippen MR) is 84.8 cm³/mol. The van der Waals surface area contributed by atoms with E-state index in [1.165, 1.54) is 0 Å². The van der Waals surface area contributed by atoms with Gasteiger partial charge in [-0.3, -0.25) is 4.79 Å². The van der Waals surface area contributed by atoms with Gasteiger partial charge < -0.3 is 18.6 Å². The number of amides is 1. The Balaban J connectivity index is 1.43. The number of benzene rings is 1. The summed E-state index contributed by atoms with van der Waals surface area (Å²) in [4.78, 5) is 22.5. The summed E-state index contributed by atoms with van der Waals surface area (Å²) in [6.07, 6.45) is 0.618. The third-order valence-corrected chi connectivity index (χ3v) is 3.89. The molecule has 0 fully saturated rings. The van der Waals surface area contributed by atoms with Crippen LogP contribution < -0.4 is 4.74 Å². The predicted octanol–water partition coefficient (Wildman–Crippen LogP) is 2.14. The molecule has 0 aliphatic carbocycles. The fraction of sp³-hybridized carbons (Fsp3) is 0.294. The summed E-state index contributed by atoms with van der Waals surface area (Å²) in [5.74, 6) is 2.07. The Bertz CT molecular complexity index is 887. The number of aryl methyl sites for hydroxylation is 1. The number of ether oxygens (including phenoxy) is 1. The smallest absolute Gasteiger partial charge is 0.295 e. The molecule has 0 saturated carbocycles. The summed E-state index contributed by atoms with van der Waals surface area (Å²) >= 11 is 0. The number of hydrogen-bond acceptors (Lipinski definition) is 7. The molecule has 25 heavy (non-hydrogen) atoms. The lowest BCUT2D eigenvalue weighted by Crippen LogP contribution is -2.36. The molecule has 0 spiro atoms. The Morgan fingerprint density at radius 1 is 1.28 bits per heavy atom. The van der Waals surface area contributed by atoms with E-state index in [2.05, 4.69) is 15.1 Å². The monoisotopic (exact) mass is 340 g/mol. The SMILES string of the molecule is Cc1nc(C(=O)N2CCc3nc(COc4ccccc4)oc3C2)no1. The third-order valence-electron chi connectivity index (χ3n) is 3.89. The molecule has 0 bridgehead atoms. The van der Waals surface area contributed by atoms with Crippen LogP contribution in [0.25, 0.3) is 0 Å². The highest BCUT2D eigenvalue weighted by Gasteiger charge is 2.28. The molecule has 4 rings (SSSR count). The Morgan fingerprint density at radius 2 is 2.12 bits per heavy atom. The van der Waals surface area contributed by atoms with Gasteiger partial charge in [0, 0.05) is 19.9 Å². The molecular weight excluding hydrogens is 324 g/mol. The number of hydrogen-bond donors (Lipinski definition) is 0. The Labute approximate surface area is 143 Å². The molecule has 3 aromatic rings. The van der Waals surface area contributed by atoms with Crippen LogP contribution >= 0.6 is 0 Å². The number of nitrogens with zero attached hydrogens (tertiary/aromatic N) is 4. The van der Waals surface area contributed by atoms with Crippen molar-refractivity contribution in [2.75, 3.05) is 6.54 Å². The standard InChI is InChI=1S/C17H16N4O4/c1-11-18-16(20-25-11)17(22)21-8-7-13-14(9-21)24-15(19-13)10-23-12-5-3-2-4-6-12/h2-6H,7-10H2,1H3. The van der Waals surface area contributed by atoms with Crippen LogP contribution in [0.1, 0.15) is 33.9 Å². The molecule has 1 aliphatic heterocycles. The second-order valence-corrected chi connectivity index (χ2v) is 5.69. The summed E-state index contributed by atoms with van der Waals surface area (Å²) in [7, 11) is 0. The van der Waals surface area contributed by atoms with E-state index in [4.69, 9.17) is 13.7 Å². The third kappa shape index (κ3) is 3.23. The van der Waals surface area contributed by atoms with Crippen LogP contribution in [0.5, 0.6) is 5.75 Å². The molecule has 3 heterocycles. The molecule has 1 aromatic carbocycles. The van der Waals surface area contributed by atoms with Crippen molar-refractivity contribution in [2.24, 2.45) is 0 Å². The van der Waals surface area contributed by atoms with Crippen LogP contribution in [0.4, 0.5) is 0 Å². The average Bonchev–Trinajstić information content (AvgIpc) is 3.25. The van der Waals surface area contributed by atoms with E-state index in [1.807, 2.05) is 30.3 Å². The second kappa shape index (κ2) is 6.39. The van der Waals surface area contributed by atoms with Gasteiger partial charge in [0.05, 0.1) is 12.2 Å². The van der Waals surface area contributed by atoms with Gasteiger partial charge in [-0.05, 0) is 12.1 Å². The zero-order valence-electron chi connectivity index (χ0n) is 13.6. The zero-order chi connectivity index (χ0) is 17.2. The molecule has 0 unspecified atom stereocenters. The Kier molecular flexibility index (Phi) is 3.93. The van der Waals surface area contributed by atoms with Crippen LogP contribution in [0, 0.1) is 6.92 Å². The summed E-state index contributed by atoms with van der Waals surface area (Å²) in [5, 5.41) is 3.67. The zero-order valence-corrected chi connectivity index (χ0v) is 13.6. The van der Waals surface area contributed by atoms with Crippen molar-refractivity contribution in [1.82, 2.24) is 20.0 Å². The average molecular weight is 340 g/mol. The van der Waals surface area contributed by atoms with Gasteiger partial charge >= 0.3 is 0 Å². The van der Waals surface area contributed by atoms with E-state index in [-0.39, 0.29) is 18.3 Å².